The maximum atomic E-state index is 8.79. The van der Waals surface area contributed by atoms with E-state index < -0.39 is 0 Å². The Morgan fingerprint density at radius 3 is 2.53 bits per heavy atom. The number of rotatable bonds is 3. The first-order valence-electron chi connectivity index (χ1n) is 6.93. The molecule has 0 spiro atoms. The maximum absolute atomic E-state index is 8.79. The number of nitriles is 1. The van der Waals surface area contributed by atoms with E-state index in [0.29, 0.717) is 12.6 Å². The quantitative estimate of drug-likeness (QED) is 0.780. The van der Waals surface area contributed by atoms with Crippen molar-refractivity contribution < 1.29 is 0 Å². The van der Waals surface area contributed by atoms with Gasteiger partial charge in [0.25, 0.3) is 0 Å². The Morgan fingerprint density at radius 2 is 1.95 bits per heavy atom. The molecule has 1 aromatic carbocycles. The summed E-state index contributed by atoms with van der Waals surface area (Å²) in [6.07, 6.45) is 1.14. The molecule has 1 unspecified atom stereocenters. The van der Waals surface area contributed by atoms with Gasteiger partial charge >= 0.3 is 0 Å². The predicted molar refractivity (Wildman–Crippen MR) is 79.5 cm³/mol. The molecule has 3 nitrogen and oxygen atoms in total. The van der Waals surface area contributed by atoms with E-state index in [-0.39, 0.29) is 0 Å². The third kappa shape index (κ3) is 2.90. The number of hydrogen-bond donors (Lipinski definition) is 0. The van der Waals surface area contributed by atoms with Gasteiger partial charge in [0.1, 0.15) is 0 Å². The molecule has 0 aromatic heterocycles. The number of aryl methyl sites for hydroxylation is 3. The van der Waals surface area contributed by atoms with Gasteiger partial charge in [0, 0.05) is 24.8 Å². The van der Waals surface area contributed by atoms with E-state index in [1.807, 2.05) is 7.05 Å². The zero-order chi connectivity index (χ0) is 14.0. The zero-order valence-corrected chi connectivity index (χ0v) is 12.4. The van der Waals surface area contributed by atoms with Crippen molar-refractivity contribution in [1.82, 2.24) is 4.90 Å². The highest BCUT2D eigenvalue weighted by molar-refractivity contribution is 5.61. The Kier molecular flexibility index (Phi) is 4.11. The maximum Gasteiger partial charge on any atom is 0.0866 e. The summed E-state index contributed by atoms with van der Waals surface area (Å²) in [5, 5.41) is 8.79. The Morgan fingerprint density at radius 1 is 1.32 bits per heavy atom. The molecule has 0 saturated carbocycles. The molecule has 3 heteroatoms. The van der Waals surface area contributed by atoms with Crippen LogP contribution in [-0.2, 0) is 0 Å². The fourth-order valence-electron chi connectivity index (χ4n) is 3.22. The lowest BCUT2D eigenvalue weighted by molar-refractivity contribution is 0.289. The molecular weight excluding hydrogens is 234 g/mol. The summed E-state index contributed by atoms with van der Waals surface area (Å²) < 4.78 is 0. The van der Waals surface area contributed by atoms with E-state index in [0.717, 1.165) is 19.5 Å². The smallest absolute Gasteiger partial charge is 0.0866 e. The first kappa shape index (κ1) is 13.9. The molecule has 0 amide bonds. The van der Waals surface area contributed by atoms with E-state index in [4.69, 9.17) is 5.26 Å². The van der Waals surface area contributed by atoms with Crippen LogP contribution in [0.4, 0.5) is 5.69 Å². The topological polar surface area (TPSA) is 30.3 Å². The summed E-state index contributed by atoms with van der Waals surface area (Å²) in [5.41, 5.74) is 5.44. The molecule has 1 heterocycles. The van der Waals surface area contributed by atoms with Crippen molar-refractivity contribution >= 4 is 5.69 Å². The van der Waals surface area contributed by atoms with Crippen LogP contribution in [0, 0.1) is 32.1 Å². The number of nitrogens with zero attached hydrogens (tertiary/aromatic N) is 3. The van der Waals surface area contributed by atoms with Crippen LogP contribution < -0.4 is 4.90 Å². The fourth-order valence-corrected chi connectivity index (χ4v) is 3.22. The summed E-state index contributed by atoms with van der Waals surface area (Å²) in [6, 6.07) is 7.25. The summed E-state index contributed by atoms with van der Waals surface area (Å²) >= 11 is 0. The van der Waals surface area contributed by atoms with Crippen LogP contribution in [-0.4, -0.2) is 37.6 Å². The van der Waals surface area contributed by atoms with Crippen molar-refractivity contribution in [2.75, 3.05) is 31.6 Å². The van der Waals surface area contributed by atoms with Crippen LogP contribution in [0.1, 0.15) is 23.1 Å². The van der Waals surface area contributed by atoms with Crippen LogP contribution in [0.3, 0.4) is 0 Å². The number of likely N-dealkylation sites (N-methyl/N-ethyl adjacent to an activating group) is 1. The van der Waals surface area contributed by atoms with Crippen molar-refractivity contribution in [3.8, 4) is 6.07 Å². The van der Waals surface area contributed by atoms with E-state index >= 15 is 0 Å². The minimum atomic E-state index is 0.500. The predicted octanol–water partition coefficient (Wildman–Crippen LogP) is 2.65. The number of hydrogen-bond acceptors (Lipinski definition) is 3. The lowest BCUT2D eigenvalue weighted by Gasteiger charge is -2.26. The monoisotopic (exact) mass is 257 g/mol. The molecule has 1 fully saturated rings. The van der Waals surface area contributed by atoms with E-state index in [2.05, 4.69) is 48.8 Å². The number of anilines is 1. The molecular formula is C16H23N3. The van der Waals surface area contributed by atoms with Gasteiger partial charge in [-0.05, 0) is 45.4 Å². The molecule has 0 radical (unpaired) electrons. The SMILES string of the molecule is Cc1cc(C)c(N2CCC(N(C)CC#N)C2)c(C)c1. The van der Waals surface area contributed by atoms with Crippen LogP contribution in [0.2, 0.25) is 0 Å². The Bertz CT molecular complexity index is 478. The standard InChI is InChI=1S/C16H23N3/c1-12-9-13(2)16(14(3)10-12)19-7-5-15(11-19)18(4)8-6-17/h9-10,15H,5,7-8,11H2,1-4H3. The summed E-state index contributed by atoms with van der Waals surface area (Å²) in [6.45, 7) is 9.18. The van der Waals surface area contributed by atoms with Gasteiger partial charge in [0.15, 0.2) is 0 Å². The van der Waals surface area contributed by atoms with Crippen LogP contribution in [0.5, 0.6) is 0 Å². The number of benzene rings is 1. The minimum Gasteiger partial charge on any atom is -0.369 e. The van der Waals surface area contributed by atoms with Crippen LogP contribution in [0.15, 0.2) is 12.1 Å². The molecule has 19 heavy (non-hydrogen) atoms. The van der Waals surface area contributed by atoms with Gasteiger partial charge in [0.2, 0.25) is 0 Å². The zero-order valence-electron chi connectivity index (χ0n) is 12.4. The molecule has 0 aliphatic carbocycles. The fraction of sp³-hybridized carbons (Fsp3) is 0.562. The third-order valence-electron chi connectivity index (χ3n) is 4.06. The molecule has 2 rings (SSSR count). The highest BCUT2D eigenvalue weighted by Gasteiger charge is 2.27. The van der Waals surface area contributed by atoms with Gasteiger partial charge in [-0.1, -0.05) is 17.7 Å². The van der Waals surface area contributed by atoms with E-state index in [9.17, 15) is 0 Å². The molecule has 1 saturated heterocycles. The molecule has 0 bridgehead atoms. The summed E-state index contributed by atoms with van der Waals surface area (Å²) in [7, 11) is 2.05. The van der Waals surface area contributed by atoms with Crippen LogP contribution >= 0.6 is 0 Å². The molecule has 0 N–H and O–H groups in total. The first-order valence-corrected chi connectivity index (χ1v) is 6.93. The second-order valence-corrected chi connectivity index (χ2v) is 5.71. The van der Waals surface area contributed by atoms with Gasteiger partial charge in [-0.2, -0.15) is 5.26 Å². The molecule has 102 valence electrons. The van der Waals surface area contributed by atoms with Gasteiger partial charge in [-0.3, -0.25) is 4.90 Å². The Balaban J connectivity index is 2.16. The second kappa shape index (κ2) is 5.63. The van der Waals surface area contributed by atoms with E-state index in [1.54, 1.807) is 0 Å². The van der Waals surface area contributed by atoms with Crippen molar-refractivity contribution in [2.24, 2.45) is 0 Å². The van der Waals surface area contributed by atoms with Crippen LogP contribution in [0.25, 0.3) is 0 Å². The van der Waals surface area contributed by atoms with Crippen molar-refractivity contribution in [1.29, 1.82) is 5.26 Å². The van der Waals surface area contributed by atoms with Crippen molar-refractivity contribution in [2.45, 2.75) is 33.2 Å². The molecule has 1 aliphatic heterocycles. The second-order valence-electron chi connectivity index (χ2n) is 5.71. The Labute approximate surface area is 116 Å². The van der Waals surface area contributed by atoms with E-state index in [1.165, 1.54) is 22.4 Å². The van der Waals surface area contributed by atoms with Gasteiger partial charge < -0.3 is 4.90 Å². The lowest BCUT2D eigenvalue weighted by Crippen LogP contribution is -2.35. The van der Waals surface area contributed by atoms with Gasteiger partial charge in [-0.15, -0.1) is 0 Å². The highest BCUT2D eigenvalue weighted by Crippen LogP contribution is 2.30. The van der Waals surface area contributed by atoms with Gasteiger partial charge in [0.05, 0.1) is 12.6 Å². The highest BCUT2D eigenvalue weighted by atomic mass is 15.2. The average Bonchev–Trinajstić information content (AvgIpc) is 2.77. The Hall–Kier alpha value is -1.53. The van der Waals surface area contributed by atoms with Crippen molar-refractivity contribution in [3.05, 3.63) is 28.8 Å². The normalized spacial score (nSPS) is 18.9. The molecule has 1 aliphatic rings. The van der Waals surface area contributed by atoms with Crippen molar-refractivity contribution in [3.63, 3.8) is 0 Å². The molecule has 1 aromatic rings. The summed E-state index contributed by atoms with van der Waals surface area (Å²) in [5.74, 6) is 0. The average molecular weight is 257 g/mol. The lowest BCUT2D eigenvalue weighted by atomic mass is 10.0. The third-order valence-corrected chi connectivity index (χ3v) is 4.06. The first-order chi connectivity index (χ1) is 9.02. The molecule has 1 atom stereocenters. The minimum absolute atomic E-state index is 0.500. The van der Waals surface area contributed by atoms with Gasteiger partial charge in [-0.25, -0.2) is 0 Å². The largest absolute Gasteiger partial charge is 0.369 e. The summed E-state index contributed by atoms with van der Waals surface area (Å²) in [4.78, 5) is 4.64.